The average molecular weight is 325 g/mol. The van der Waals surface area contributed by atoms with E-state index in [1.807, 2.05) is 13.8 Å². The second kappa shape index (κ2) is 7.13. The summed E-state index contributed by atoms with van der Waals surface area (Å²) in [6.45, 7) is 4.80. The molecule has 2 rings (SSSR count). The summed E-state index contributed by atoms with van der Waals surface area (Å²) in [5.74, 6) is 0.893. The number of piperidine rings is 1. The Morgan fingerprint density at radius 3 is 2.64 bits per heavy atom. The van der Waals surface area contributed by atoms with Crippen LogP contribution in [0.2, 0.25) is 0 Å². The summed E-state index contributed by atoms with van der Waals surface area (Å²) >= 11 is 0. The van der Waals surface area contributed by atoms with Crippen LogP contribution in [0.5, 0.6) is 0 Å². The molecule has 122 valence electrons. The molecular weight excluding hydrogens is 302 g/mol. The highest BCUT2D eigenvalue weighted by Gasteiger charge is 2.31. The zero-order valence-electron chi connectivity index (χ0n) is 13.1. The number of nitrogens with zero attached hydrogens (tertiary/aromatic N) is 1. The maximum absolute atomic E-state index is 12.2. The monoisotopic (exact) mass is 325 g/mol. The first kappa shape index (κ1) is 16.8. The zero-order valence-corrected chi connectivity index (χ0v) is 13.9. The summed E-state index contributed by atoms with van der Waals surface area (Å²) in [6, 6.07) is 3.53. The van der Waals surface area contributed by atoms with Crippen LogP contribution in [-0.4, -0.2) is 43.3 Å². The molecule has 1 saturated heterocycles. The SMILES string of the molecule is CC(C)CS(=O)(=O)C1CCN(C(=O)/C=C/c2ccco2)CC1. The van der Waals surface area contributed by atoms with Crippen molar-refractivity contribution in [2.75, 3.05) is 18.8 Å². The van der Waals surface area contributed by atoms with Crippen LogP contribution in [0.4, 0.5) is 0 Å². The number of amides is 1. The molecule has 0 unspecified atom stereocenters. The number of carbonyl (C=O) groups excluding carboxylic acids is 1. The van der Waals surface area contributed by atoms with Crippen LogP contribution in [0.3, 0.4) is 0 Å². The van der Waals surface area contributed by atoms with Crippen molar-refractivity contribution in [3.8, 4) is 0 Å². The van der Waals surface area contributed by atoms with Crippen molar-refractivity contribution >= 4 is 21.8 Å². The quantitative estimate of drug-likeness (QED) is 0.779. The van der Waals surface area contributed by atoms with Crippen molar-refractivity contribution in [1.29, 1.82) is 0 Å². The summed E-state index contributed by atoms with van der Waals surface area (Å²) in [5.41, 5.74) is 0. The van der Waals surface area contributed by atoms with E-state index in [0.29, 0.717) is 31.7 Å². The Kier molecular flexibility index (Phi) is 5.45. The second-order valence-electron chi connectivity index (χ2n) is 6.10. The minimum absolute atomic E-state index is 0.101. The Hall–Kier alpha value is -1.56. The molecule has 2 heterocycles. The lowest BCUT2D eigenvalue weighted by atomic mass is 10.1. The number of hydrogen-bond donors (Lipinski definition) is 0. The molecule has 1 aromatic rings. The fourth-order valence-electron chi connectivity index (χ4n) is 2.68. The third-order valence-corrected chi connectivity index (χ3v) is 6.38. The van der Waals surface area contributed by atoms with Crippen molar-refractivity contribution in [1.82, 2.24) is 4.90 Å². The molecule has 0 aromatic carbocycles. The maximum Gasteiger partial charge on any atom is 0.246 e. The van der Waals surface area contributed by atoms with Crippen molar-refractivity contribution in [3.63, 3.8) is 0 Å². The molecule has 1 aliphatic heterocycles. The molecule has 0 atom stereocenters. The standard InChI is InChI=1S/C16H23NO4S/c1-13(2)12-22(19,20)15-7-9-17(10-8-15)16(18)6-5-14-4-3-11-21-14/h3-6,11,13,15H,7-10,12H2,1-2H3/b6-5+. The first-order valence-electron chi connectivity index (χ1n) is 7.60. The largest absolute Gasteiger partial charge is 0.465 e. The van der Waals surface area contributed by atoms with E-state index in [1.54, 1.807) is 29.4 Å². The number of sulfone groups is 1. The first-order chi connectivity index (χ1) is 10.4. The van der Waals surface area contributed by atoms with Crippen molar-refractivity contribution in [2.24, 2.45) is 5.92 Å². The number of rotatable bonds is 5. The second-order valence-corrected chi connectivity index (χ2v) is 8.42. The minimum Gasteiger partial charge on any atom is -0.465 e. The summed E-state index contributed by atoms with van der Waals surface area (Å²) in [4.78, 5) is 13.8. The normalized spacial score (nSPS) is 17.5. The van der Waals surface area contributed by atoms with Crippen LogP contribution in [-0.2, 0) is 14.6 Å². The molecule has 5 nitrogen and oxygen atoms in total. The van der Waals surface area contributed by atoms with Gasteiger partial charge in [-0.05, 0) is 37.0 Å². The Labute approximate surface area is 131 Å². The van der Waals surface area contributed by atoms with Gasteiger partial charge in [0.1, 0.15) is 5.76 Å². The van der Waals surface area contributed by atoms with Crippen LogP contribution >= 0.6 is 0 Å². The Bertz CT molecular complexity index is 609. The molecule has 0 N–H and O–H groups in total. The average Bonchev–Trinajstić information content (AvgIpc) is 2.97. The van der Waals surface area contributed by atoms with Gasteiger partial charge in [0.25, 0.3) is 0 Å². The third-order valence-electron chi connectivity index (χ3n) is 3.76. The van der Waals surface area contributed by atoms with Crippen molar-refractivity contribution in [3.05, 3.63) is 30.2 Å². The van der Waals surface area contributed by atoms with E-state index >= 15 is 0 Å². The lowest BCUT2D eigenvalue weighted by Gasteiger charge is -2.31. The Morgan fingerprint density at radius 2 is 2.09 bits per heavy atom. The molecule has 0 spiro atoms. The Morgan fingerprint density at radius 1 is 1.41 bits per heavy atom. The predicted octanol–water partition coefficient (Wildman–Crippen LogP) is 2.35. The van der Waals surface area contributed by atoms with Gasteiger partial charge in [-0.25, -0.2) is 8.42 Å². The van der Waals surface area contributed by atoms with Crippen molar-refractivity contribution in [2.45, 2.75) is 31.9 Å². The van der Waals surface area contributed by atoms with Crippen LogP contribution in [0.15, 0.2) is 28.9 Å². The molecule has 1 amide bonds. The lowest BCUT2D eigenvalue weighted by molar-refractivity contribution is -0.126. The van der Waals surface area contributed by atoms with Gasteiger partial charge in [-0.1, -0.05) is 13.8 Å². The van der Waals surface area contributed by atoms with Gasteiger partial charge in [-0.3, -0.25) is 4.79 Å². The third kappa shape index (κ3) is 4.47. The molecule has 6 heteroatoms. The smallest absolute Gasteiger partial charge is 0.246 e. The summed E-state index contributed by atoms with van der Waals surface area (Å²) in [6.07, 6.45) is 5.70. The van der Waals surface area contributed by atoms with Crippen LogP contribution in [0.25, 0.3) is 6.08 Å². The van der Waals surface area contributed by atoms with Gasteiger partial charge in [-0.2, -0.15) is 0 Å². The summed E-state index contributed by atoms with van der Waals surface area (Å²) in [7, 11) is -3.05. The van der Waals surface area contributed by atoms with Gasteiger partial charge in [0.15, 0.2) is 9.84 Å². The van der Waals surface area contributed by atoms with Crippen molar-refractivity contribution < 1.29 is 17.6 Å². The van der Waals surface area contributed by atoms with Gasteiger partial charge < -0.3 is 9.32 Å². The zero-order chi connectivity index (χ0) is 16.2. The van der Waals surface area contributed by atoms with Gasteiger partial charge in [0.2, 0.25) is 5.91 Å². The highest BCUT2D eigenvalue weighted by molar-refractivity contribution is 7.92. The maximum atomic E-state index is 12.2. The van der Waals surface area contributed by atoms with E-state index < -0.39 is 9.84 Å². The van der Waals surface area contributed by atoms with Gasteiger partial charge >= 0.3 is 0 Å². The number of carbonyl (C=O) groups is 1. The van der Waals surface area contributed by atoms with E-state index in [1.165, 1.54) is 6.08 Å². The van der Waals surface area contributed by atoms with E-state index in [2.05, 4.69) is 0 Å². The molecule has 1 aromatic heterocycles. The van der Waals surface area contributed by atoms with Crippen LogP contribution < -0.4 is 0 Å². The number of hydrogen-bond acceptors (Lipinski definition) is 4. The topological polar surface area (TPSA) is 67.6 Å². The molecule has 0 saturated carbocycles. The molecule has 22 heavy (non-hydrogen) atoms. The Balaban J connectivity index is 1.88. The van der Waals surface area contributed by atoms with Gasteiger partial charge in [-0.15, -0.1) is 0 Å². The molecule has 1 aliphatic rings. The highest BCUT2D eigenvalue weighted by atomic mass is 32.2. The molecule has 1 fully saturated rings. The molecule has 0 radical (unpaired) electrons. The highest BCUT2D eigenvalue weighted by Crippen LogP contribution is 2.20. The molecule has 0 bridgehead atoms. The summed E-state index contributed by atoms with van der Waals surface area (Å²) < 4.78 is 29.6. The first-order valence-corrected chi connectivity index (χ1v) is 9.32. The summed E-state index contributed by atoms with van der Waals surface area (Å²) in [5, 5.41) is -0.312. The fraction of sp³-hybridized carbons (Fsp3) is 0.562. The molecular formula is C16H23NO4S. The van der Waals surface area contributed by atoms with E-state index in [0.717, 1.165) is 0 Å². The number of furan rings is 1. The predicted molar refractivity (Wildman–Crippen MR) is 86.0 cm³/mol. The van der Waals surface area contributed by atoms with Gasteiger partial charge in [0, 0.05) is 19.2 Å². The van der Waals surface area contributed by atoms with E-state index in [-0.39, 0.29) is 22.8 Å². The van der Waals surface area contributed by atoms with Gasteiger partial charge in [0.05, 0.1) is 17.3 Å². The van der Waals surface area contributed by atoms with Crippen LogP contribution in [0.1, 0.15) is 32.4 Å². The molecule has 0 aliphatic carbocycles. The lowest BCUT2D eigenvalue weighted by Crippen LogP contribution is -2.42. The minimum atomic E-state index is -3.05. The number of likely N-dealkylation sites (tertiary alicyclic amines) is 1. The van der Waals surface area contributed by atoms with E-state index in [4.69, 9.17) is 4.42 Å². The van der Waals surface area contributed by atoms with E-state index in [9.17, 15) is 13.2 Å². The van der Waals surface area contributed by atoms with Crippen LogP contribution in [0, 0.1) is 5.92 Å². The fourth-order valence-corrected chi connectivity index (χ4v) is 4.81.